The van der Waals surface area contributed by atoms with Gasteiger partial charge >= 0.3 is 5.97 Å². The molecule has 0 aliphatic carbocycles. The minimum absolute atomic E-state index is 0.0646. The number of carboxylic acids is 1. The van der Waals surface area contributed by atoms with Crippen molar-refractivity contribution in [3.63, 3.8) is 0 Å². The quantitative estimate of drug-likeness (QED) is 0.767. The molecular formula is C15H15N5O2. The van der Waals surface area contributed by atoms with Crippen LogP contribution in [0.4, 0.5) is 5.82 Å². The molecule has 3 heterocycles. The van der Waals surface area contributed by atoms with E-state index in [1.54, 1.807) is 18.5 Å². The third-order valence-electron chi connectivity index (χ3n) is 3.10. The van der Waals surface area contributed by atoms with Crippen molar-refractivity contribution in [3.8, 4) is 11.3 Å². The molecule has 0 aliphatic rings. The van der Waals surface area contributed by atoms with Gasteiger partial charge in [0.2, 0.25) is 0 Å². The zero-order valence-corrected chi connectivity index (χ0v) is 12.2. The molecule has 0 aliphatic heterocycles. The van der Waals surface area contributed by atoms with Crippen LogP contribution in [0.15, 0.2) is 36.8 Å². The van der Waals surface area contributed by atoms with E-state index in [2.05, 4.69) is 20.4 Å². The molecule has 22 heavy (non-hydrogen) atoms. The Morgan fingerprint density at radius 1 is 1.36 bits per heavy atom. The number of carboxylic acid groups (broad SMARTS) is 1. The number of nitrogens with one attached hydrogen (secondary N) is 1. The summed E-state index contributed by atoms with van der Waals surface area (Å²) in [7, 11) is 0. The lowest BCUT2D eigenvalue weighted by molar-refractivity contribution is 0.0697. The molecule has 0 spiro atoms. The van der Waals surface area contributed by atoms with Crippen molar-refractivity contribution in [2.75, 3.05) is 5.32 Å². The molecule has 0 saturated carbocycles. The Balaban J connectivity index is 2.21. The normalized spacial score (nSPS) is 11.0. The number of anilines is 1. The van der Waals surface area contributed by atoms with Crippen LogP contribution in [0.3, 0.4) is 0 Å². The van der Waals surface area contributed by atoms with Gasteiger partial charge in [-0.1, -0.05) is 0 Å². The Morgan fingerprint density at radius 3 is 2.82 bits per heavy atom. The van der Waals surface area contributed by atoms with E-state index in [1.165, 1.54) is 10.7 Å². The van der Waals surface area contributed by atoms with E-state index >= 15 is 0 Å². The maximum absolute atomic E-state index is 11.4. The Hall–Kier alpha value is -2.96. The summed E-state index contributed by atoms with van der Waals surface area (Å²) in [5.74, 6) is -0.626. The molecule has 3 rings (SSSR count). The molecule has 3 aromatic heterocycles. The van der Waals surface area contributed by atoms with Gasteiger partial charge in [-0.3, -0.25) is 4.98 Å². The van der Waals surface area contributed by atoms with E-state index in [1.807, 2.05) is 26.0 Å². The molecule has 0 unspecified atom stereocenters. The fraction of sp³-hybridized carbons (Fsp3) is 0.200. The summed E-state index contributed by atoms with van der Waals surface area (Å²) in [5, 5.41) is 16.9. The van der Waals surface area contributed by atoms with Crippen LogP contribution in [-0.4, -0.2) is 36.7 Å². The molecule has 0 radical (unpaired) electrons. The van der Waals surface area contributed by atoms with Gasteiger partial charge in [0.25, 0.3) is 0 Å². The highest BCUT2D eigenvalue weighted by Gasteiger charge is 2.17. The Labute approximate surface area is 126 Å². The Kier molecular flexibility index (Phi) is 3.46. The van der Waals surface area contributed by atoms with E-state index in [0.717, 1.165) is 5.56 Å². The summed E-state index contributed by atoms with van der Waals surface area (Å²) in [6, 6.07) is 5.58. The van der Waals surface area contributed by atoms with E-state index in [-0.39, 0.29) is 11.6 Å². The minimum atomic E-state index is -1.05. The fourth-order valence-corrected chi connectivity index (χ4v) is 2.16. The maximum Gasteiger partial charge on any atom is 0.341 e. The molecule has 2 N–H and O–H groups in total. The van der Waals surface area contributed by atoms with Gasteiger partial charge in [0.05, 0.1) is 5.69 Å². The van der Waals surface area contributed by atoms with Crippen molar-refractivity contribution in [3.05, 3.63) is 42.4 Å². The maximum atomic E-state index is 11.4. The first-order valence-electron chi connectivity index (χ1n) is 6.85. The highest BCUT2D eigenvalue weighted by atomic mass is 16.4. The van der Waals surface area contributed by atoms with Crippen LogP contribution >= 0.6 is 0 Å². The van der Waals surface area contributed by atoms with Gasteiger partial charge in [-0.2, -0.15) is 9.61 Å². The number of pyridine rings is 1. The average Bonchev–Trinajstić information content (AvgIpc) is 2.92. The zero-order chi connectivity index (χ0) is 15.7. The van der Waals surface area contributed by atoms with Crippen molar-refractivity contribution >= 4 is 17.4 Å². The summed E-state index contributed by atoms with van der Waals surface area (Å²) in [6.45, 7) is 3.87. The zero-order valence-electron chi connectivity index (χ0n) is 12.2. The SMILES string of the molecule is CC(C)Nc1c(C(=O)O)cnc2cc(-c3cccnc3)nn12. The minimum Gasteiger partial charge on any atom is -0.477 e. The number of hydrogen-bond acceptors (Lipinski definition) is 5. The van der Waals surface area contributed by atoms with Crippen LogP contribution < -0.4 is 5.32 Å². The highest BCUT2D eigenvalue weighted by molar-refractivity contribution is 5.93. The molecule has 112 valence electrons. The first-order valence-corrected chi connectivity index (χ1v) is 6.85. The van der Waals surface area contributed by atoms with Gasteiger partial charge in [-0.05, 0) is 26.0 Å². The van der Waals surface area contributed by atoms with Crippen LogP contribution in [-0.2, 0) is 0 Å². The van der Waals surface area contributed by atoms with Crippen LogP contribution in [0.25, 0.3) is 16.9 Å². The van der Waals surface area contributed by atoms with Crippen molar-refractivity contribution in [1.82, 2.24) is 19.6 Å². The monoisotopic (exact) mass is 297 g/mol. The predicted molar refractivity (Wildman–Crippen MR) is 81.9 cm³/mol. The van der Waals surface area contributed by atoms with Crippen molar-refractivity contribution < 1.29 is 9.90 Å². The summed E-state index contributed by atoms with van der Waals surface area (Å²) >= 11 is 0. The number of rotatable bonds is 4. The van der Waals surface area contributed by atoms with Crippen molar-refractivity contribution in [1.29, 1.82) is 0 Å². The molecule has 0 aromatic carbocycles. The lowest BCUT2D eigenvalue weighted by Gasteiger charge is -2.13. The average molecular weight is 297 g/mol. The van der Waals surface area contributed by atoms with E-state index in [0.29, 0.717) is 17.2 Å². The van der Waals surface area contributed by atoms with E-state index < -0.39 is 5.97 Å². The van der Waals surface area contributed by atoms with Crippen LogP contribution in [0.5, 0.6) is 0 Å². The van der Waals surface area contributed by atoms with Gasteiger partial charge in [-0.25, -0.2) is 9.78 Å². The van der Waals surface area contributed by atoms with E-state index in [4.69, 9.17) is 0 Å². The number of aromatic carboxylic acids is 1. The lowest BCUT2D eigenvalue weighted by Crippen LogP contribution is -2.17. The van der Waals surface area contributed by atoms with Crippen LogP contribution in [0.2, 0.25) is 0 Å². The number of carbonyl (C=O) groups is 1. The fourth-order valence-electron chi connectivity index (χ4n) is 2.16. The number of nitrogens with zero attached hydrogens (tertiary/aromatic N) is 4. The summed E-state index contributed by atoms with van der Waals surface area (Å²) in [4.78, 5) is 19.6. The largest absolute Gasteiger partial charge is 0.477 e. The van der Waals surface area contributed by atoms with E-state index in [9.17, 15) is 9.90 Å². The Bertz CT molecular complexity index is 827. The Morgan fingerprint density at radius 2 is 2.18 bits per heavy atom. The molecule has 0 atom stereocenters. The van der Waals surface area contributed by atoms with Gasteiger partial charge in [0.1, 0.15) is 11.4 Å². The lowest BCUT2D eigenvalue weighted by atomic mass is 10.2. The molecule has 0 fully saturated rings. The van der Waals surface area contributed by atoms with Gasteiger partial charge in [0.15, 0.2) is 5.65 Å². The standard InChI is InChI=1S/C15H15N5O2/c1-9(2)18-14-11(15(21)22)8-17-13-6-12(19-20(13)14)10-4-3-5-16-7-10/h3-9,18H,1-2H3,(H,21,22). The highest BCUT2D eigenvalue weighted by Crippen LogP contribution is 2.23. The van der Waals surface area contributed by atoms with Gasteiger partial charge in [-0.15, -0.1) is 0 Å². The summed E-state index contributed by atoms with van der Waals surface area (Å²) < 4.78 is 1.52. The summed E-state index contributed by atoms with van der Waals surface area (Å²) in [5.41, 5.74) is 2.20. The molecule has 7 nitrogen and oxygen atoms in total. The number of hydrogen-bond donors (Lipinski definition) is 2. The first kappa shape index (κ1) is 14.0. The third kappa shape index (κ3) is 2.48. The molecule has 0 saturated heterocycles. The number of fused-ring (bicyclic) bond motifs is 1. The molecule has 7 heteroatoms. The topological polar surface area (TPSA) is 92.4 Å². The second-order valence-corrected chi connectivity index (χ2v) is 5.17. The predicted octanol–water partition coefficient (Wildman–Crippen LogP) is 2.31. The molecular weight excluding hydrogens is 282 g/mol. The van der Waals surface area contributed by atoms with Crippen LogP contribution in [0.1, 0.15) is 24.2 Å². The van der Waals surface area contributed by atoms with Gasteiger partial charge < -0.3 is 10.4 Å². The summed E-state index contributed by atoms with van der Waals surface area (Å²) in [6.07, 6.45) is 4.73. The smallest absolute Gasteiger partial charge is 0.341 e. The third-order valence-corrected chi connectivity index (χ3v) is 3.10. The van der Waals surface area contributed by atoms with Crippen molar-refractivity contribution in [2.45, 2.75) is 19.9 Å². The molecule has 0 amide bonds. The second kappa shape index (κ2) is 5.44. The molecule has 0 bridgehead atoms. The van der Waals surface area contributed by atoms with Crippen LogP contribution in [0, 0.1) is 0 Å². The van der Waals surface area contributed by atoms with Gasteiger partial charge in [0, 0.05) is 36.3 Å². The molecule has 3 aromatic rings. The second-order valence-electron chi connectivity index (χ2n) is 5.17. The van der Waals surface area contributed by atoms with Crippen molar-refractivity contribution in [2.24, 2.45) is 0 Å². The number of aromatic nitrogens is 4. The first-order chi connectivity index (χ1) is 10.6.